The lowest BCUT2D eigenvalue weighted by atomic mass is 9.79. The molecule has 0 heteroatoms. The van der Waals surface area contributed by atoms with Gasteiger partial charge in [0, 0.05) is 25.7 Å². The smallest absolute Gasteiger partial charge is 0.0346 e. The number of rotatable bonds is 12. The van der Waals surface area contributed by atoms with E-state index in [-0.39, 0.29) is 0 Å². The second kappa shape index (κ2) is 16.1. The van der Waals surface area contributed by atoms with Crippen LogP contribution >= 0.6 is 0 Å². The zero-order chi connectivity index (χ0) is 22.2. The maximum atomic E-state index is 3.54. The molecule has 0 aliphatic rings. The molecule has 0 aromatic heterocycles. The van der Waals surface area contributed by atoms with Crippen molar-refractivity contribution in [2.75, 3.05) is 0 Å². The molecule has 1 aromatic carbocycles. The third kappa shape index (κ3) is 7.88. The van der Waals surface area contributed by atoms with Crippen LogP contribution in [-0.2, 0) is 38.5 Å². The maximum absolute atomic E-state index is 3.54. The molecule has 0 radical (unpaired) electrons. The fraction of sp³-hybridized carbons (Fsp3) is 0.667. The first-order valence-corrected chi connectivity index (χ1v) is 12.8. The van der Waals surface area contributed by atoms with E-state index in [4.69, 9.17) is 0 Å². The van der Waals surface area contributed by atoms with E-state index < -0.39 is 0 Å². The Labute approximate surface area is 188 Å². The van der Waals surface area contributed by atoms with Crippen LogP contribution in [0.15, 0.2) is 0 Å². The van der Waals surface area contributed by atoms with Gasteiger partial charge in [-0.3, -0.25) is 0 Å². The Morgan fingerprint density at radius 2 is 0.667 bits per heavy atom. The van der Waals surface area contributed by atoms with E-state index in [9.17, 15) is 0 Å². The molecule has 0 N–H and O–H groups in total. The molecule has 0 unspecified atom stereocenters. The first-order chi connectivity index (χ1) is 14.7. The van der Waals surface area contributed by atoms with Gasteiger partial charge in [0.15, 0.2) is 0 Å². The Hall–Kier alpha value is -1.66. The lowest BCUT2D eigenvalue weighted by molar-refractivity contribution is 0.784. The standard InChI is InChI=1S/C30H46/c1-7-13-15-17-23-29-27(21-11-5)25(19-9-3)26(20-10-4)28(22-12-6)30(29)24-18-16-14-8-2/h7-14,19-24H2,1-6H3. The second-order valence-corrected chi connectivity index (χ2v) is 8.43. The summed E-state index contributed by atoms with van der Waals surface area (Å²) in [6, 6.07) is 0. The molecule has 1 rings (SSSR count). The second-order valence-electron chi connectivity index (χ2n) is 8.43. The predicted octanol–water partition coefficient (Wildman–Crippen LogP) is 8.19. The van der Waals surface area contributed by atoms with Crippen LogP contribution in [0.1, 0.15) is 126 Å². The van der Waals surface area contributed by atoms with Crippen molar-refractivity contribution in [1.29, 1.82) is 0 Å². The van der Waals surface area contributed by atoms with E-state index in [2.05, 4.69) is 65.2 Å². The van der Waals surface area contributed by atoms with Crippen molar-refractivity contribution < 1.29 is 0 Å². The van der Waals surface area contributed by atoms with Crippen LogP contribution in [0, 0.1) is 23.7 Å². The van der Waals surface area contributed by atoms with Gasteiger partial charge in [-0.25, -0.2) is 0 Å². The number of benzene rings is 1. The highest BCUT2D eigenvalue weighted by atomic mass is 14.3. The molecule has 0 aliphatic heterocycles. The van der Waals surface area contributed by atoms with Gasteiger partial charge in [0.25, 0.3) is 0 Å². The van der Waals surface area contributed by atoms with Crippen LogP contribution in [0.2, 0.25) is 0 Å². The van der Waals surface area contributed by atoms with Crippen LogP contribution in [0.3, 0.4) is 0 Å². The third-order valence-corrected chi connectivity index (χ3v) is 5.72. The van der Waals surface area contributed by atoms with Crippen LogP contribution in [0.5, 0.6) is 0 Å². The van der Waals surface area contributed by atoms with E-state index in [1.807, 2.05) is 0 Å². The monoisotopic (exact) mass is 406 g/mol. The molecular formula is C30H46. The summed E-state index contributed by atoms with van der Waals surface area (Å²) in [4.78, 5) is 0. The van der Waals surface area contributed by atoms with Gasteiger partial charge in [0.05, 0.1) is 0 Å². The summed E-state index contributed by atoms with van der Waals surface area (Å²) in [5.41, 5.74) is 9.67. The van der Waals surface area contributed by atoms with Gasteiger partial charge in [0.2, 0.25) is 0 Å². The van der Waals surface area contributed by atoms with Crippen LogP contribution in [-0.4, -0.2) is 0 Å². The molecule has 0 bridgehead atoms. The molecule has 0 aliphatic carbocycles. The van der Waals surface area contributed by atoms with Crippen molar-refractivity contribution in [3.63, 3.8) is 0 Å². The highest BCUT2D eigenvalue weighted by molar-refractivity contribution is 5.55. The number of hydrogen-bond donors (Lipinski definition) is 0. The predicted molar refractivity (Wildman–Crippen MR) is 135 cm³/mol. The Kier molecular flexibility index (Phi) is 14.1. The average Bonchev–Trinajstić information content (AvgIpc) is 2.74. The lowest BCUT2D eigenvalue weighted by Crippen LogP contribution is -2.14. The summed E-state index contributed by atoms with van der Waals surface area (Å²) < 4.78 is 0. The summed E-state index contributed by atoms with van der Waals surface area (Å²) in [5.74, 6) is 13.9. The quantitative estimate of drug-likeness (QED) is 0.307. The van der Waals surface area contributed by atoms with E-state index in [0.29, 0.717) is 0 Å². The summed E-state index contributed by atoms with van der Waals surface area (Å²) in [6.07, 6.45) is 15.7. The topological polar surface area (TPSA) is 0 Å². The van der Waals surface area contributed by atoms with Crippen molar-refractivity contribution in [3.8, 4) is 23.7 Å². The Morgan fingerprint density at radius 1 is 0.367 bits per heavy atom. The summed E-state index contributed by atoms with van der Waals surface area (Å²) >= 11 is 0. The minimum Gasteiger partial charge on any atom is -0.103 e. The molecule has 1 aromatic rings. The van der Waals surface area contributed by atoms with Crippen molar-refractivity contribution in [3.05, 3.63) is 33.4 Å². The van der Waals surface area contributed by atoms with E-state index >= 15 is 0 Å². The molecule has 0 amide bonds. The summed E-state index contributed by atoms with van der Waals surface area (Å²) in [5, 5.41) is 0. The molecule has 0 saturated carbocycles. The third-order valence-electron chi connectivity index (χ3n) is 5.72. The Morgan fingerprint density at radius 3 is 0.933 bits per heavy atom. The summed E-state index contributed by atoms with van der Waals surface area (Å²) in [7, 11) is 0. The van der Waals surface area contributed by atoms with Gasteiger partial charge in [0.1, 0.15) is 0 Å². The van der Waals surface area contributed by atoms with Crippen LogP contribution < -0.4 is 0 Å². The van der Waals surface area contributed by atoms with E-state index in [0.717, 1.165) is 38.5 Å². The fourth-order valence-corrected chi connectivity index (χ4v) is 4.46. The van der Waals surface area contributed by atoms with Crippen molar-refractivity contribution in [1.82, 2.24) is 0 Å². The van der Waals surface area contributed by atoms with Gasteiger partial charge in [-0.15, -0.1) is 11.8 Å². The minimum absolute atomic E-state index is 0.903. The molecule has 0 atom stereocenters. The maximum Gasteiger partial charge on any atom is 0.0346 e. The van der Waals surface area contributed by atoms with Crippen molar-refractivity contribution in [2.45, 2.75) is 131 Å². The average molecular weight is 407 g/mol. The molecule has 166 valence electrons. The molecule has 0 spiro atoms. The molecular weight excluding hydrogens is 360 g/mol. The van der Waals surface area contributed by atoms with Crippen molar-refractivity contribution in [2.24, 2.45) is 0 Å². The van der Waals surface area contributed by atoms with E-state index in [1.165, 1.54) is 62.5 Å². The SMILES string of the molecule is CCCC#CCc1c(CC#CCCC)c(CCC)c(CCC)c(CCC)c1CCC. The molecule has 0 fully saturated rings. The van der Waals surface area contributed by atoms with Gasteiger partial charge in [-0.2, -0.15) is 0 Å². The zero-order valence-corrected chi connectivity index (χ0v) is 20.9. The number of hydrogen-bond acceptors (Lipinski definition) is 0. The highest BCUT2D eigenvalue weighted by Gasteiger charge is 2.21. The Bertz CT molecular complexity index is 677. The normalized spacial score (nSPS) is 10.3. The molecule has 0 saturated heterocycles. The molecule has 0 heterocycles. The van der Waals surface area contributed by atoms with Crippen LogP contribution in [0.4, 0.5) is 0 Å². The molecule has 0 nitrogen and oxygen atoms in total. The largest absolute Gasteiger partial charge is 0.103 e. The van der Waals surface area contributed by atoms with Gasteiger partial charge in [-0.1, -0.05) is 79.1 Å². The summed E-state index contributed by atoms with van der Waals surface area (Å²) in [6.45, 7) is 13.7. The van der Waals surface area contributed by atoms with Gasteiger partial charge < -0.3 is 0 Å². The fourth-order valence-electron chi connectivity index (χ4n) is 4.46. The first kappa shape index (κ1) is 26.4. The Balaban J connectivity index is 3.77. The highest BCUT2D eigenvalue weighted by Crippen LogP contribution is 2.33. The van der Waals surface area contributed by atoms with Crippen LogP contribution in [0.25, 0.3) is 0 Å². The molecule has 30 heavy (non-hydrogen) atoms. The zero-order valence-electron chi connectivity index (χ0n) is 20.9. The van der Waals surface area contributed by atoms with E-state index in [1.54, 1.807) is 22.3 Å². The lowest BCUT2D eigenvalue weighted by Gasteiger charge is -2.26. The van der Waals surface area contributed by atoms with Crippen molar-refractivity contribution >= 4 is 0 Å². The van der Waals surface area contributed by atoms with Gasteiger partial charge in [-0.05, 0) is 71.9 Å². The first-order valence-electron chi connectivity index (χ1n) is 12.8. The number of unbranched alkanes of at least 4 members (excludes halogenated alkanes) is 2. The minimum atomic E-state index is 0.903. The van der Waals surface area contributed by atoms with Gasteiger partial charge >= 0.3 is 0 Å².